The first-order valence-electron chi connectivity index (χ1n) is 9.91. The van der Waals surface area contributed by atoms with Gasteiger partial charge in [0.2, 0.25) is 0 Å². The molecule has 3 aliphatic heterocycles. The van der Waals surface area contributed by atoms with Crippen LogP contribution >= 0.6 is 11.3 Å². The van der Waals surface area contributed by atoms with Gasteiger partial charge in [0.15, 0.2) is 0 Å². The van der Waals surface area contributed by atoms with Crippen LogP contribution in [0.25, 0.3) is 0 Å². The van der Waals surface area contributed by atoms with E-state index < -0.39 is 0 Å². The molecular weight excluding hydrogens is 332 g/mol. The maximum Gasteiger partial charge on any atom is 0.265 e. The molecule has 3 fully saturated rings. The zero-order valence-corrected chi connectivity index (χ0v) is 16.0. The number of amides is 1. The number of rotatable bonds is 3. The van der Waals surface area contributed by atoms with Crippen molar-refractivity contribution in [2.75, 3.05) is 39.3 Å². The molecule has 1 N–H and O–H groups in total. The summed E-state index contributed by atoms with van der Waals surface area (Å²) in [5, 5.41) is 4.57. The predicted octanol–water partition coefficient (Wildman–Crippen LogP) is 2.73. The Balaban J connectivity index is 1.36. The molecular formula is C19H30N4OS. The molecule has 1 spiro atoms. The summed E-state index contributed by atoms with van der Waals surface area (Å²) < 4.78 is 0. The first-order valence-corrected chi connectivity index (χ1v) is 10.7. The fourth-order valence-electron chi connectivity index (χ4n) is 4.68. The van der Waals surface area contributed by atoms with Gasteiger partial charge in [0.25, 0.3) is 5.91 Å². The topological polar surface area (TPSA) is 48.5 Å². The minimum Gasteiger partial charge on any atom is -0.338 e. The largest absolute Gasteiger partial charge is 0.338 e. The molecule has 138 valence electrons. The van der Waals surface area contributed by atoms with Crippen LogP contribution in [-0.4, -0.2) is 60.0 Å². The van der Waals surface area contributed by atoms with Crippen LogP contribution in [0.5, 0.6) is 0 Å². The SMILES string of the molecule is O=C(c1cnc(CN2CCCC2)s1)N1CCCC2(CCNCC2)CC1. The van der Waals surface area contributed by atoms with Crippen molar-refractivity contribution < 1.29 is 4.79 Å². The zero-order chi connectivity index (χ0) is 17.1. The van der Waals surface area contributed by atoms with E-state index in [9.17, 15) is 4.79 Å². The van der Waals surface area contributed by atoms with Crippen molar-refractivity contribution in [3.05, 3.63) is 16.1 Å². The van der Waals surface area contributed by atoms with Gasteiger partial charge in [-0.1, -0.05) is 0 Å². The van der Waals surface area contributed by atoms with E-state index in [-0.39, 0.29) is 5.91 Å². The highest BCUT2D eigenvalue weighted by Crippen LogP contribution is 2.39. The molecule has 1 aromatic heterocycles. The molecule has 0 aromatic carbocycles. The van der Waals surface area contributed by atoms with E-state index in [4.69, 9.17) is 0 Å². The molecule has 3 saturated heterocycles. The average Bonchev–Trinajstić information content (AvgIpc) is 3.27. The van der Waals surface area contributed by atoms with Crippen LogP contribution in [0.4, 0.5) is 0 Å². The number of hydrogen-bond donors (Lipinski definition) is 1. The lowest BCUT2D eigenvalue weighted by Gasteiger charge is -2.37. The maximum atomic E-state index is 12.9. The number of carbonyl (C=O) groups is 1. The van der Waals surface area contributed by atoms with E-state index in [2.05, 4.69) is 20.1 Å². The van der Waals surface area contributed by atoms with Gasteiger partial charge in [0.1, 0.15) is 9.88 Å². The second kappa shape index (κ2) is 7.72. The predicted molar refractivity (Wildman–Crippen MR) is 101 cm³/mol. The van der Waals surface area contributed by atoms with Crippen molar-refractivity contribution >= 4 is 17.2 Å². The molecule has 0 atom stereocenters. The van der Waals surface area contributed by atoms with Crippen molar-refractivity contribution in [2.24, 2.45) is 5.41 Å². The van der Waals surface area contributed by atoms with E-state index >= 15 is 0 Å². The summed E-state index contributed by atoms with van der Waals surface area (Å²) >= 11 is 1.60. The summed E-state index contributed by atoms with van der Waals surface area (Å²) in [6.45, 7) is 7.36. The fourth-order valence-corrected chi connectivity index (χ4v) is 5.61. The summed E-state index contributed by atoms with van der Waals surface area (Å²) in [5.74, 6) is 0.205. The van der Waals surface area contributed by atoms with Gasteiger partial charge in [0, 0.05) is 13.1 Å². The Morgan fingerprint density at radius 1 is 1.08 bits per heavy atom. The van der Waals surface area contributed by atoms with Gasteiger partial charge in [-0.3, -0.25) is 9.69 Å². The Morgan fingerprint density at radius 2 is 1.88 bits per heavy atom. The van der Waals surface area contributed by atoms with Crippen molar-refractivity contribution in [2.45, 2.75) is 51.5 Å². The molecule has 1 aromatic rings. The molecule has 1 amide bonds. The summed E-state index contributed by atoms with van der Waals surface area (Å²) in [5.41, 5.74) is 0.481. The number of piperidine rings is 1. The molecule has 0 aliphatic carbocycles. The van der Waals surface area contributed by atoms with Crippen molar-refractivity contribution in [1.82, 2.24) is 20.1 Å². The number of nitrogens with zero attached hydrogens (tertiary/aromatic N) is 3. The Labute approximate surface area is 154 Å². The molecule has 4 heterocycles. The van der Waals surface area contributed by atoms with E-state index in [0.717, 1.165) is 49.0 Å². The standard InChI is InChI=1S/C19H30N4OS/c24-18(16-14-21-17(25-16)15-22-10-1-2-11-22)23-12-3-4-19(7-13-23)5-8-20-9-6-19/h14,20H,1-13,15H2. The number of carbonyl (C=O) groups excluding carboxylic acids is 1. The van der Waals surface area contributed by atoms with Gasteiger partial charge in [-0.25, -0.2) is 4.98 Å². The maximum absolute atomic E-state index is 12.9. The van der Waals surface area contributed by atoms with Crippen LogP contribution < -0.4 is 5.32 Å². The van der Waals surface area contributed by atoms with E-state index in [1.807, 2.05) is 6.20 Å². The number of likely N-dealkylation sites (tertiary alicyclic amines) is 2. The highest BCUT2D eigenvalue weighted by Gasteiger charge is 2.35. The summed E-state index contributed by atoms with van der Waals surface area (Å²) in [6, 6.07) is 0. The highest BCUT2D eigenvalue weighted by atomic mass is 32.1. The van der Waals surface area contributed by atoms with Crippen molar-refractivity contribution in [3.63, 3.8) is 0 Å². The second-order valence-electron chi connectivity index (χ2n) is 8.00. The highest BCUT2D eigenvalue weighted by molar-refractivity contribution is 7.13. The Kier molecular flexibility index (Phi) is 5.39. The van der Waals surface area contributed by atoms with Crippen LogP contribution in [-0.2, 0) is 6.54 Å². The quantitative estimate of drug-likeness (QED) is 0.898. The lowest BCUT2D eigenvalue weighted by atomic mass is 9.73. The summed E-state index contributed by atoms with van der Waals surface area (Å²) in [6.07, 6.45) is 10.5. The van der Waals surface area contributed by atoms with Crippen LogP contribution in [0.3, 0.4) is 0 Å². The molecule has 25 heavy (non-hydrogen) atoms. The van der Waals surface area contributed by atoms with Gasteiger partial charge in [-0.2, -0.15) is 0 Å². The van der Waals surface area contributed by atoms with Crippen LogP contribution in [0.2, 0.25) is 0 Å². The molecule has 0 bridgehead atoms. The fraction of sp³-hybridized carbons (Fsp3) is 0.789. The normalized spacial score (nSPS) is 24.6. The van der Waals surface area contributed by atoms with Gasteiger partial charge in [-0.05, 0) is 76.5 Å². The van der Waals surface area contributed by atoms with Crippen LogP contribution in [0.1, 0.15) is 59.6 Å². The van der Waals surface area contributed by atoms with Crippen LogP contribution in [0, 0.1) is 5.41 Å². The Hall–Kier alpha value is -0.980. The molecule has 6 heteroatoms. The smallest absolute Gasteiger partial charge is 0.265 e. The lowest BCUT2D eigenvalue weighted by molar-refractivity contribution is 0.0755. The first-order chi connectivity index (χ1) is 12.2. The monoisotopic (exact) mass is 362 g/mol. The minimum absolute atomic E-state index is 0.205. The Bertz CT molecular complexity index is 590. The Morgan fingerprint density at radius 3 is 2.68 bits per heavy atom. The molecule has 5 nitrogen and oxygen atoms in total. The van der Waals surface area contributed by atoms with E-state index in [1.54, 1.807) is 11.3 Å². The third-order valence-corrected chi connectivity index (χ3v) is 7.29. The minimum atomic E-state index is 0.205. The van der Waals surface area contributed by atoms with E-state index in [1.165, 1.54) is 51.6 Å². The van der Waals surface area contributed by atoms with E-state index in [0.29, 0.717) is 5.41 Å². The second-order valence-corrected chi connectivity index (χ2v) is 9.11. The third-order valence-electron chi connectivity index (χ3n) is 6.32. The lowest BCUT2D eigenvalue weighted by Crippen LogP contribution is -2.38. The van der Waals surface area contributed by atoms with Crippen LogP contribution in [0.15, 0.2) is 6.20 Å². The van der Waals surface area contributed by atoms with Gasteiger partial charge >= 0.3 is 0 Å². The number of aromatic nitrogens is 1. The summed E-state index contributed by atoms with van der Waals surface area (Å²) in [7, 11) is 0. The molecule has 3 aliphatic rings. The molecule has 4 rings (SSSR count). The summed E-state index contributed by atoms with van der Waals surface area (Å²) in [4.78, 5) is 22.8. The molecule has 0 saturated carbocycles. The zero-order valence-electron chi connectivity index (χ0n) is 15.1. The third kappa shape index (κ3) is 4.07. The van der Waals surface area contributed by atoms with Gasteiger partial charge < -0.3 is 10.2 Å². The number of hydrogen-bond acceptors (Lipinski definition) is 5. The number of thiazole rings is 1. The number of nitrogens with one attached hydrogen (secondary N) is 1. The molecule has 0 unspecified atom stereocenters. The molecule has 0 radical (unpaired) electrons. The van der Waals surface area contributed by atoms with Gasteiger partial charge in [-0.15, -0.1) is 11.3 Å². The first kappa shape index (κ1) is 17.4. The average molecular weight is 363 g/mol. The van der Waals surface area contributed by atoms with Gasteiger partial charge in [0.05, 0.1) is 12.7 Å². The van der Waals surface area contributed by atoms with Crippen molar-refractivity contribution in [1.29, 1.82) is 0 Å². The van der Waals surface area contributed by atoms with Crippen molar-refractivity contribution in [3.8, 4) is 0 Å².